The molecule has 0 unspecified atom stereocenters. The Hall–Kier alpha value is -0.865. The van der Waals surface area contributed by atoms with Crippen LogP contribution in [0.1, 0.15) is 24.6 Å². The summed E-state index contributed by atoms with van der Waals surface area (Å²) < 4.78 is 0. The van der Waals surface area contributed by atoms with Crippen molar-refractivity contribution in [2.45, 2.75) is 26.7 Å². The van der Waals surface area contributed by atoms with E-state index in [-0.39, 0.29) is 0 Å². The van der Waals surface area contributed by atoms with Crippen molar-refractivity contribution in [3.05, 3.63) is 23.5 Å². The smallest absolute Gasteiger partial charge is 0.423 e. The Balaban J connectivity index is 2.92. The summed E-state index contributed by atoms with van der Waals surface area (Å²) in [5, 5.41) is 17.9. The van der Waals surface area contributed by atoms with Gasteiger partial charge in [0.05, 0.1) is 0 Å². The minimum absolute atomic E-state index is 0.486. The predicted molar refractivity (Wildman–Crippen MR) is 52.8 cm³/mol. The second-order valence-electron chi connectivity index (χ2n) is 3.16. The van der Waals surface area contributed by atoms with Crippen molar-refractivity contribution in [3.63, 3.8) is 0 Å². The van der Waals surface area contributed by atoms with Crippen LogP contribution in [0, 0.1) is 6.92 Å². The summed E-state index contributed by atoms with van der Waals surface area (Å²) in [6.07, 6.45) is 3.51. The number of pyridine rings is 1. The van der Waals surface area contributed by atoms with Gasteiger partial charge >= 0.3 is 7.12 Å². The average Bonchev–Trinajstić information content (AvgIpc) is 2.04. The molecule has 1 aromatic rings. The predicted octanol–water partition coefficient (Wildman–Crippen LogP) is 0.0223. The van der Waals surface area contributed by atoms with Gasteiger partial charge in [-0.2, -0.15) is 0 Å². The molecule has 1 aromatic heterocycles. The summed E-state index contributed by atoms with van der Waals surface area (Å²) in [6.45, 7) is 3.95. The van der Waals surface area contributed by atoms with Crippen molar-refractivity contribution in [3.8, 4) is 0 Å². The third-order valence-electron chi connectivity index (χ3n) is 1.99. The maximum atomic E-state index is 8.94. The van der Waals surface area contributed by atoms with Crippen molar-refractivity contribution >= 4 is 12.6 Å². The molecule has 0 aliphatic rings. The Labute approximate surface area is 78.6 Å². The quantitative estimate of drug-likeness (QED) is 0.643. The maximum Gasteiger partial charge on any atom is 0.490 e. The molecule has 0 bridgehead atoms. The highest BCUT2D eigenvalue weighted by Crippen LogP contribution is 2.01. The number of rotatable bonds is 3. The highest BCUT2D eigenvalue weighted by molar-refractivity contribution is 6.59. The summed E-state index contributed by atoms with van der Waals surface area (Å²) in [7, 11) is -1.41. The van der Waals surface area contributed by atoms with Gasteiger partial charge < -0.3 is 10.0 Å². The lowest BCUT2D eigenvalue weighted by molar-refractivity contribution is 0.425. The largest absolute Gasteiger partial charge is 0.490 e. The van der Waals surface area contributed by atoms with Gasteiger partial charge in [0.1, 0.15) is 0 Å². The molecule has 0 saturated heterocycles. The van der Waals surface area contributed by atoms with Crippen LogP contribution in [-0.2, 0) is 6.42 Å². The highest BCUT2D eigenvalue weighted by atomic mass is 16.4. The molecule has 0 aliphatic heterocycles. The summed E-state index contributed by atoms with van der Waals surface area (Å²) in [4.78, 5) is 4.13. The van der Waals surface area contributed by atoms with E-state index in [4.69, 9.17) is 10.0 Å². The molecule has 3 nitrogen and oxygen atoms in total. The Bertz CT molecular complexity index is 289. The van der Waals surface area contributed by atoms with Crippen molar-refractivity contribution in [1.29, 1.82) is 0 Å². The van der Waals surface area contributed by atoms with Crippen LogP contribution in [0.3, 0.4) is 0 Å². The Morgan fingerprint density at radius 2 is 2.15 bits per heavy atom. The molecule has 0 spiro atoms. The number of aromatic nitrogens is 1. The SMILES string of the molecule is CCCc1cc(C)c(B(O)O)cn1. The fourth-order valence-electron chi connectivity index (χ4n) is 1.29. The first-order chi connectivity index (χ1) is 6.15. The topological polar surface area (TPSA) is 53.4 Å². The Morgan fingerprint density at radius 3 is 2.62 bits per heavy atom. The molecule has 1 rings (SSSR count). The molecular formula is C9H14BNO2. The van der Waals surface area contributed by atoms with Gasteiger partial charge in [0.2, 0.25) is 0 Å². The van der Waals surface area contributed by atoms with Gasteiger partial charge in [-0.3, -0.25) is 4.98 Å². The minimum atomic E-state index is -1.41. The fraction of sp³-hybridized carbons (Fsp3) is 0.444. The minimum Gasteiger partial charge on any atom is -0.423 e. The second kappa shape index (κ2) is 4.39. The number of hydrogen-bond acceptors (Lipinski definition) is 3. The normalized spacial score (nSPS) is 10.2. The first-order valence-electron chi connectivity index (χ1n) is 4.46. The summed E-state index contributed by atoms with van der Waals surface area (Å²) in [5.74, 6) is 0. The molecule has 0 amide bonds. The first-order valence-corrected chi connectivity index (χ1v) is 4.46. The van der Waals surface area contributed by atoms with E-state index in [2.05, 4.69) is 11.9 Å². The Morgan fingerprint density at radius 1 is 1.46 bits per heavy atom. The highest BCUT2D eigenvalue weighted by Gasteiger charge is 2.14. The zero-order valence-corrected chi connectivity index (χ0v) is 7.99. The molecule has 2 N–H and O–H groups in total. The first kappa shape index (κ1) is 10.2. The van der Waals surface area contributed by atoms with Gasteiger partial charge in [-0.05, 0) is 25.0 Å². The monoisotopic (exact) mass is 179 g/mol. The third kappa shape index (κ3) is 2.54. The molecule has 1 heterocycles. The third-order valence-corrected chi connectivity index (χ3v) is 1.99. The van der Waals surface area contributed by atoms with Crippen LogP contribution >= 0.6 is 0 Å². The van der Waals surface area contributed by atoms with Gasteiger partial charge in [-0.25, -0.2) is 0 Å². The van der Waals surface area contributed by atoms with E-state index < -0.39 is 7.12 Å². The number of hydrogen-bond donors (Lipinski definition) is 2. The van der Waals surface area contributed by atoms with E-state index in [1.54, 1.807) is 0 Å². The van der Waals surface area contributed by atoms with Crippen LogP contribution in [0.15, 0.2) is 12.3 Å². The molecule has 0 saturated carbocycles. The van der Waals surface area contributed by atoms with Gasteiger partial charge in [-0.15, -0.1) is 0 Å². The van der Waals surface area contributed by atoms with E-state index in [0.717, 1.165) is 24.1 Å². The van der Waals surface area contributed by atoms with Crippen molar-refractivity contribution in [2.24, 2.45) is 0 Å². The van der Waals surface area contributed by atoms with Crippen LogP contribution in [0.25, 0.3) is 0 Å². The molecule has 0 fully saturated rings. The average molecular weight is 179 g/mol. The zero-order valence-electron chi connectivity index (χ0n) is 7.99. The van der Waals surface area contributed by atoms with Crippen LogP contribution in [0.2, 0.25) is 0 Å². The van der Waals surface area contributed by atoms with E-state index in [1.165, 1.54) is 6.20 Å². The van der Waals surface area contributed by atoms with Crippen LogP contribution in [0.5, 0.6) is 0 Å². The number of nitrogens with zero attached hydrogens (tertiary/aromatic N) is 1. The molecule has 4 heteroatoms. The molecule has 0 aromatic carbocycles. The molecule has 0 aliphatic carbocycles. The molecule has 0 atom stereocenters. The van der Waals surface area contributed by atoms with Crippen molar-refractivity contribution < 1.29 is 10.0 Å². The van der Waals surface area contributed by atoms with E-state index in [1.807, 2.05) is 13.0 Å². The molecule has 70 valence electrons. The van der Waals surface area contributed by atoms with E-state index >= 15 is 0 Å². The lowest BCUT2D eigenvalue weighted by Gasteiger charge is -2.05. The number of aryl methyl sites for hydroxylation is 2. The van der Waals surface area contributed by atoms with Crippen LogP contribution in [0.4, 0.5) is 0 Å². The molecule has 13 heavy (non-hydrogen) atoms. The fourth-order valence-corrected chi connectivity index (χ4v) is 1.29. The van der Waals surface area contributed by atoms with Gasteiger partial charge in [0.15, 0.2) is 0 Å². The molecular weight excluding hydrogens is 165 g/mol. The van der Waals surface area contributed by atoms with E-state index in [0.29, 0.717) is 5.46 Å². The van der Waals surface area contributed by atoms with Crippen molar-refractivity contribution in [2.75, 3.05) is 0 Å². The second-order valence-corrected chi connectivity index (χ2v) is 3.16. The van der Waals surface area contributed by atoms with Crippen LogP contribution < -0.4 is 5.46 Å². The lowest BCUT2D eigenvalue weighted by Crippen LogP contribution is -2.32. The summed E-state index contributed by atoms with van der Waals surface area (Å²) in [5.41, 5.74) is 2.37. The summed E-state index contributed by atoms with van der Waals surface area (Å²) >= 11 is 0. The standard InChI is InChI=1S/C9H14BNO2/c1-3-4-8-5-7(2)9(6-11-8)10(12)13/h5-6,12-13H,3-4H2,1-2H3. The Kier molecular flexibility index (Phi) is 3.45. The maximum absolute atomic E-state index is 8.94. The van der Waals surface area contributed by atoms with Gasteiger partial charge in [-0.1, -0.05) is 13.3 Å². The lowest BCUT2D eigenvalue weighted by atomic mass is 9.78. The summed E-state index contributed by atoms with van der Waals surface area (Å²) in [6, 6.07) is 1.90. The van der Waals surface area contributed by atoms with Gasteiger partial charge in [0.25, 0.3) is 0 Å². The van der Waals surface area contributed by atoms with Gasteiger partial charge in [0, 0.05) is 17.4 Å². The zero-order chi connectivity index (χ0) is 9.84. The van der Waals surface area contributed by atoms with Crippen LogP contribution in [-0.4, -0.2) is 22.2 Å². The molecule has 0 radical (unpaired) electrons. The van der Waals surface area contributed by atoms with Crippen molar-refractivity contribution in [1.82, 2.24) is 4.98 Å². The van der Waals surface area contributed by atoms with E-state index in [9.17, 15) is 0 Å².